The molecule has 0 amide bonds. The molecule has 0 aliphatic heterocycles. The number of rotatable bonds is 4. The van der Waals surface area contributed by atoms with Crippen molar-refractivity contribution in [1.82, 2.24) is 10.3 Å². The number of nitrogens with one attached hydrogen (secondary N) is 1. The number of aromatic nitrogens is 1. The van der Waals surface area contributed by atoms with Crippen molar-refractivity contribution in [3.8, 4) is 0 Å². The quantitative estimate of drug-likeness (QED) is 0.750. The molecule has 2 nitrogen and oxygen atoms in total. The van der Waals surface area contributed by atoms with Gasteiger partial charge in [-0.2, -0.15) is 0 Å². The third-order valence-electron chi connectivity index (χ3n) is 4.00. The van der Waals surface area contributed by atoms with Crippen molar-refractivity contribution in [2.24, 2.45) is 0 Å². The van der Waals surface area contributed by atoms with Crippen LogP contribution in [0.5, 0.6) is 0 Å². The Morgan fingerprint density at radius 3 is 2.33 bits per heavy atom. The van der Waals surface area contributed by atoms with E-state index in [-0.39, 0.29) is 0 Å². The highest BCUT2D eigenvalue weighted by atomic mass is 14.9. The van der Waals surface area contributed by atoms with Crippen molar-refractivity contribution in [2.75, 3.05) is 0 Å². The molecule has 0 saturated carbocycles. The largest absolute Gasteiger partial charge is 0.304 e. The zero-order valence-corrected chi connectivity index (χ0v) is 12.5. The minimum atomic E-state index is 0.291. The van der Waals surface area contributed by atoms with E-state index in [0.29, 0.717) is 12.1 Å². The van der Waals surface area contributed by atoms with E-state index in [1.165, 1.54) is 21.9 Å². The van der Waals surface area contributed by atoms with Crippen LogP contribution in [0.2, 0.25) is 0 Å². The lowest BCUT2D eigenvalue weighted by atomic mass is 9.98. The molecule has 1 aromatic heterocycles. The number of hydrogen-bond donors (Lipinski definition) is 1. The maximum absolute atomic E-state index is 4.08. The zero-order chi connectivity index (χ0) is 14.7. The molecule has 1 N–H and O–H groups in total. The van der Waals surface area contributed by atoms with Gasteiger partial charge in [-0.05, 0) is 47.9 Å². The summed E-state index contributed by atoms with van der Waals surface area (Å²) in [4.78, 5) is 4.08. The Kier molecular flexibility index (Phi) is 3.98. The minimum absolute atomic E-state index is 0.291. The lowest BCUT2D eigenvalue weighted by Crippen LogP contribution is -2.22. The number of hydrogen-bond acceptors (Lipinski definition) is 2. The molecule has 0 spiro atoms. The summed E-state index contributed by atoms with van der Waals surface area (Å²) in [6.07, 6.45) is 3.69. The van der Waals surface area contributed by atoms with Crippen LogP contribution in [0.4, 0.5) is 0 Å². The van der Waals surface area contributed by atoms with Crippen LogP contribution in [0.3, 0.4) is 0 Å². The van der Waals surface area contributed by atoms with Crippen LogP contribution in [0.15, 0.2) is 67.0 Å². The van der Waals surface area contributed by atoms with Gasteiger partial charge in [0, 0.05) is 24.5 Å². The van der Waals surface area contributed by atoms with Gasteiger partial charge >= 0.3 is 0 Å². The molecule has 0 radical (unpaired) electrons. The highest BCUT2D eigenvalue weighted by Gasteiger charge is 2.13. The maximum atomic E-state index is 4.08. The topological polar surface area (TPSA) is 24.9 Å². The highest BCUT2D eigenvalue weighted by Crippen LogP contribution is 2.26. The minimum Gasteiger partial charge on any atom is -0.304 e. The van der Waals surface area contributed by atoms with Crippen molar-refractivity contribution in [3.05, 3.63) is 78.1 Å². The van der Waals surface area contributed by atoms with E-state index in [1.54, 1.807) is 0 Å². The van der Waals surface area contributed by atoms with Crippen LogP contribution in [0, 0.1) is 0 Å². The Labute approximate surface area is 125 Å². The van der Waals surface area contributed by atoms with E-state index in [0.717, 1.165) is 0 Å². The molecule has 2 heteroatoms. The standard InChI is InChI=1S/C19H20N2/c1-14(16-10-12-20-13-11-16)21-15(2)18-9-5-7-17-6-3-4-8-19(17)18/h3-15,21H,1-2H3/t14-,15?/m1/s1. The third kappa shape index (κ3) is 2.96. The number of fused-ring (bicyclic) bond motifs is 1. The molecule has 0 saturated heterocycles. The molecular formula is C19H20N2. The van der Waals surface area contributed by atoms with Gasteiger partial charge < -0.3 is 5.32 Å². The molecule has 3 aromatic rings. The van der Waals surface area contributed by atoms with Gasteiger partial charge in [-0.3, -0.25) is 4.98 Å². The highest BCUT2D eigenvalue weighted by molar-refractivity contribution is 5.86. The zero-order valence-electron chi connectivity index (χ0n) is 12.5. The first-order chi connectivity index (χ1) is 10.3. The van der Waals surface area contributed by atoms with Gasteiger partial charge in [-0.15, -0.1) is 0 Å². The van der Waals surface area contributed by atoms with Gasteiger partial charge in [-0.1, -0.05) is 42.5 Å². The SMILES string of the molecule is CC(N[C@H](C)c1ccncc1)c1cccc2ccccc12. The third-order valence-corrected chi connectivity index (χ3v) is 4.00. The summed E-state index contributed by atoms with van der Waals surface area (Å²) in [6.45, 7) is 4.41. The summed E-state index contributed by atoms with van der Waals surface area (Å²) in [6, 6.07) is 19.8. The molecule has 0 fully saturated rings. The van der Waals surface area contributed by atoms with Crippen LogP contribution >= 0.6 is 0 Å². The van der Waals surface area contributed by atoms with Gasteiger partial charge in [0.05, 0.1) is 0 Å². The van der Waals surface area contributed by atoms with Crippen molar-refractivity contribution >= 4 is 10.8 Å². The number of benzene rings is 2. The van der Waals surface area contributed by atoms with Gasteiger partial charge in [0.15, 0.2) is 0 Å². The van der Waals surface area contributed by atoms with Crippen molar-refractivity contribution in [1.29, 1.82) is 0 Å². The molecule has 3 rings (SSSR count). The molecule has 2 aromatic carbocycles. The first-order valence-corrected chi connectivity index (χ1v) is 7.39. The van der Waals surface area contributed by atoms with E-state index in [2.05, 4.69) is 78.7 Å². The van der Waals surface area contributed by atoms with E-state index in [9.17, 15) is 0 Å². The van der Waals surface area contributed by atoms with E-state index < -0.39 is 0 Å². The van der Waals surface area contributed by atoms with Crippen LogP contribution in [-0.4, -0.2) is 4.98 Å². The molecule has 1 heterocycles. The molecule has 0 aliphatic rings. The first kappa shape index (κ1) is 13.8. The average Bonchev–Trinajstić information content (AvgIpc) is 2.55. The van der Waals surface area contributed by atoms with Crippen LogP contribution in [0.25, 0.3) is 10.8 Å². The summed E-state index contributed by atoms with van der Waals surface area (Å²) < 4.78 is 0. The molecule has 21 heavy (non-hydrogen) atoms. The Morgan fingerprint density at radius 1 is 0.810 bits per heavy atom. The first-order valence-electron chi connectivity index (χ1n) is 7.39. The smallest absolute Gasteiger partial charge is 0.0303 e. The normalized spacial score (nSPS) is 14.0. The molecule has 1 unspecified atom stereocenters. The summed E-state index contributed by atoms with van der Waals surface area (Å²) in [5.74, 6) is 0. The Morgan fingerprint density at radius 2 is 1.52 bits per heavy atom. The van der Waals surface area contributed by atoms with E-state index in [4.69, 9.17) is 0 Å². The van der Waals surface area contributed by atoms with Crippen LogP contribution in [-0.2, 0) is 0 Å². The van der Waals surface area contributed by atoms with Crippen LogP contribution < -0.4 is 5.32 Å². The second-order valence-electron chi connectivity index (χ2n) is 5.46. The lowest BCUT2D eigenvalue weighted by Gasteiger charge is -2.22. The summed E-state index contributed by atoms with van der Waals surface area (Å²) >= 11 is 0. The Hall–Kier alpha value is -2.19. The van der Waals surface area contributed by atoms with E-state index >= 15 is 0 Å². The summed E-state index contributed by atoms with van der Waals surface area (Å²) in [5.41, 5.74) is 2.60. The number of nitrogens with zero attached hydrogens (tertiary/aromatic N) is 1. The van der Waals surface area contributed by atoms with Crippen LogP contribution in [0.1, 0.15) is 37.1 Å². The summed E-state index contributed by atoms with van der Waals surface area (Å²) in [7, 11) is 0. The van der Waals surface area contributed by atoms with Gasteiger partial charge in [0.2, 0.25) is 0 Å². The fraction of sp³-hybridized carbons (Fsp3) is 0.211. The van der Waals surface area contributed by atoms with Crippen molar-refractivity contribution in [2.45, 2.75) is 25.9 Å². The fourth-order valence-corrected chi connectivity index (χ4v) is 2.84. The molecule has 106 valence electrons. The molecule has 0 bridgehead atoms. The molecular weight excluding hydrogens is 256 g/mol. The lowest BCUT2D eigenvalue weighted by molar-refractivity contribution is 0.496. The van der Waals surface area contributed by atoms with E-state index in [1.807, 2.05) is 12.4 Å². The molecule has 0 aliphatic carbocycles. The fourth-order valence-electron chi connectivity index (χ4n) is 2.84. The van der Waals surface area contributed by atoms with Crippen molar-refractivity contribution in [3.63, 3.8) is 0 Å². The Balaban J connectivity index is 1.86. The van der Waals surface area contributed by atoms with Crippen molar-refractivity contribution < 1.29 is 0 Å². The monoisotopic (exact) mass is 276 g/mol. The maximum Gasteiger partial charge on any atom is 0.0303 e. The second kappa shape index (κ2) is 6.06. The summed E-state index contributed by atoms with van der Waals surface area (Å²) in [5, 5.41) is 6.29. The van der Waals surface area contributed by atoms with Gasteiger partial charge in [-0.25, -0.2) is 0 Å². The predicted octanol–water partition coefficient (Wildman–Crippen LogP) is 4.65. The number of pyridine rings is 1. The molecule has 2 atom stereocenters. The van der Waals surface area contributed by atoms with Gasteiger partial charge in [0.1, 0.15) is 0 Å². The average molecular weight is 276 g/mol. The predicted molar refractivity (Wildman–Crippen MR) is 88.2 cm³/mol. The Bertz CT molecular complexity index is 716. The van der Waals surface area contributed by atoms with Gasteiger partial charge in [0.25, 0.3) is 0 Å². The second-order valence-corrected chi connectivity index (χ2v) is 5.46.